The van der Waals surface area contributed by atoms with Crippen molar-refractivity contribution in [3.8, 4) is 18.1 Å². The molecule has 0 aliphatic carbocycles. The lowest BCUT2D eigenvalue weighted by atomic mass is 10.2. The van der Waals surface area contributed by atoms with Gasteiger partial charge in [-0.1, -0.05) is 31.0 Å². The van der Waals surface area contributed by atoms with Crippen LogP contribution in [0.2, 0.25) is 0 Å². The second kappa shape index (κ2) is 9.88. The van der Waals surface area contributed by atoms with Gasteiger partial charge in [0.25, 0.3) is 0 Å². The first-order valence-electron chi connectivity index (χ1n) is 8.56. The van der Waals surface area contributed by atoms with Crippen molar-refractivity contribution < 1.29 is 19.1 Å². The maximum absolute atomic E-state index is 12.7. The number of carbonyl (C=O) groups is 2. The van der Waals surface area contributed by atoms with Crippen molar-refractivity contribution in [2.75, 3.05) is 23.4 Å². The molecule has 0 aliphatic rings. The Hall–Kier alpha value is -3.46. The highest BCUT2D eigenvalue weighted by Gasteiger charge is 2.17. The summed E-state index contributed by atoms with van der Waals surface area (Å²) in [5.41, 5.74) is 2.26. The van der Waals surface area contributed by atoms with Crippen molar-refractivity contribution in [2.45, 2.75) is 20.3 Å². The van der Waals surface area contributed by atoms with E-state index in [9.17, 15) is 9.59 Å². The third kappa shape index (κ3) is 6.08. The fraction of sp³-hybridized carbons (Fsp3) is 0.238. The summed E-state index contributed by atoms with van der Waals surface area (Å²) in [5.74, 6) is 2.52. The first-order chi connectivity index (χ1) is 13.0. The Bertz CT molecular complexity index is 842. The maximum Gasteiger partial charge on any atom is 0.419 e. The number of nitrogens with one attached hydrogen (secondary N) is 1. The van der Waals surface area contributed by atoms with Gasteiger partial charge in [-0.05, 0) is 43.2 Å². The van der Waals surface area contributed by atoms with Gasteiger partial charge in [0.05, 0.1) is 0 Å². The average molecular weight is 366 g/mol. The second-order valence-corrected chi connectivity index (χ2v) is 5.79. The van der Waals surface area contributed by atoms with Crippen LogP contribution >= 0.6 is 0 Å². The standard InChI is InChI=1S/C21H22N2O4/c1-4-12-23(18-10-6-8-16(3)14-18)21(25)27-19-11-7-9-17(15-19)22-20(24)26-13-5-2/h2,6-11,14-15H,4,12-13H2,1,3H3,(H,22,24). The SMILES string of the molecule is C#CCOC(=O)Nc1cccc(OC(=O)N(CCC)c2cccc(C)c2)c1. The van der Waals surface area contributed by atoms with Gasteiger partial charge in [-0.15, -0.1) is 6.42 Å². The zero-order chi connectivity index (χ0) is 19.6. The number of terminal acetylenes is 1. The predicted molar refractivity (Wildman–Crippen MR) is 105 cm³/mol. The molecule has 6 nitrogen and oxygen atoms in total. The largest absolute Gasteiger partial charge is 0.436 e. The van der Waals surface area contributed by atoms with Gasteiger partial charge >= 0.3 is 12.2 Å². The van der Waals surface area contributed by atoms with Crippen LogP contribution in [0, 0.1) is 19.3 Å². The number of carbonyl (C=O) groups excluding carboxylic acids is 2. The zero-order valence-electron chi connectivity index (χ0n) is 15.4. The molecule has 0 saturated heterocycles. The highest BCUT2D eigenvalue weighted by molar-refractivity contribution is 5.90. The van der Waals surface area contributed by atoms with Crippen molar-refractivity contribution in [2.24, 2.45) is 0 Å². The Morgan fingerprint density at radius 1 is 1.19 bits per heavy atom. The zero-order valence-corrected chi connectivity index (χ0v) is 15.4. The number of ether oxygens (including phenoxy) is 2. The molecule has 0 radical (unpaired) electrons. The Morgan fingerprint density at radius 2 is 1.96 bits per heavy atom. The summed E-state index contributed by atoms with van der Waals surface area (Å²) in [7, 11) is 0. The number of rotatable bonds is 6. The van der Waals surface area contributed by atoms with E-state index in [0.29, 0.717) is 18.0 Å². The molecule has 0 saturated carbocycles. The molecular weight excluding hydrogens is 344 g/mol. The fourth-order valence-corrected chi connectivity index (χ4v) is 2.40. The lowest BCUT2D eigenvalue weighted by Gasteiger charge is -2.22. The molecule has 2 amide bonds. The molecule has 0 aromatic heterocycles. The lowest BCUT2D eigenvalue weighted by Crippen LogP contribution is -2.34. The average Bonchev–Trinajstić information content (AvgIpc) is 2.64. The van der Waals surface area contributed by atoms with Crippen LogP contribution < -0.4 is 15.0 Å². The number of amides is 2. The van der Waals surface area contributed by atoms with Gasteiger partial charge in [-0.3, -0.25) is 10.2 Å². The molecular formula is C21H22N2O4. The fourth-order valence-electron chi connectivity index (χ4n) is 2.40. The third-order valence-electron chi connectivity index (χ3n) is 3.55. The van der Waals surface area contributed by atoms with Gasteiger partial charge in [-0.2, -0.15) is 0 Å². The maximum atomic E-state index is 12.7. The van der Waals surface area contributed by atoms with Crippen LogP contribution in [0.1, 0.15) is 18.9 Å². The minimum absolute atomic E-state index is 0.122. The normalized spacial score (nSPS) is 9.81. The summed E-state index contributed by atoms with van der Waals surface area (Å²) in [5, 5.41) is 2.52. The second-order valence-electron chi connectivity index (χ2n) is 5.79. The topological polar surface area (TPSA) is 67.9 Å². The smallest absolute Gasteiger partial charge is 0.419 e. The van der Waals surface area contributed by atoms with Crippen molar-refractivity contribution in [1.29, 1.82) is 0 Å². The van der Waals surface area contributed by atoms with Crippen LogP contribution in [0.25, 0.3) is 0 Å². The van der Waals surface area contributed by atoms with E-state index in [4.69, 9.17) is 15.9 Å². The van der Waals surface area contributed by atoms with Gasteiger partial charge in [0.2, 0.25) is 0 Å². The molecule has 140 valence electrons. The number of benzene rings is 2. The summed E-state index contributed by atoms with van der Waals surface area (Å²) < 4.78 is 10.2. The van der Waals surface area contributed by atoms with E-state index in [0.717, 1.165) is 17.7 Å². The van der Waals surface area contributed by atoms with E-state index in [1.165, 1.54) is 6.07 Å². The molecule has 27 heavy (non-hydrogen) atoms. The van der Waals surface area contributed by atoms with Gasteiger partial charge in [0.15, 0.2) is 6.61 Å². The molecule has 0 aliphatic heterocycles. The van der Waals surface area contributed by atoms with Crippen LogP contribution in [0.4, 0.5) is 21.0 Å². The molecule has 0 unspecified atom stereocenters. The molecule has 0 atom stereocenters. The van der Waals surface area contributed by atoms with E-state index < -0.39 is 12.2 Å². The number of aryl methyl sites for hydroxylation is 1. The monoisotopic (exact) mass is 366 g/mol. The lowest BCUT2D eigenvalue weighted by molar-refractivity contribution is 0.176. The molecule has 2 rings (SSSR count). The third-order valence-corrected chi connectivity index (χ3v) is 3.55. The quantitative estimate of drug-likeness (QED) is 0.759. The molecule has 1 N–H and O–H groups in total. The van der Waals surface area contributed by atoms with Crippen molar-refractivity contribution in [3.05, 3.63) is 54.1 Å². The number of hydrogen-bond donors (Lipinski definition) is 1. The van der Waals surface area contributed by atoms with Gasteiger partial charge in [-0.25, -0.2) is 9.59 Å². The first-order valence-corrected chi connectivity index (χ1v) is 8.56. The van der Waals surface area contributed by atoms with Crippen molar-refractivity contribution in [3.63, 3.8) is 0 Å². The highest BCUT2D eigenvalue weighted by atomic mass is 16.6. The Labute approximate surface area is 159 Å². The summed E-state index contributed by atoms with van der Waals surface area (Å²) in [6.07, 6.45) is 4.66. The van der Waals surface area contributed by atoms with Crippen molar-refractivity contribution in [1.82, 2.24) is 0 Å². The molecule has 6 heteroatoms. The van der Waals surface area contributed by atoms with Crippen molar-refractivity contribution >= 4 is 23.6 Å². The molecule has 2 aromatic rings. The minimum atomic E-state index is -0.677. The molecule has 0 fully saturated rings. The van der Waals surface area contributed by atoms with Gasteiger partial charge in [0.1, 0.15) is 5.75 Å². The van der Waals surface area contributed by atoms with E-state index in [2.05, 4.69) is 11.2 Å². The van der Waals surface area contributed by atoms with Crippen LogP contribution in [0.5, 0.6) is 5.75 Å². The Balaban J connectivity index is 2.10. The van der Waals surface area contributed by atoms with E-state index in [1.807, 2.05) is 38.1 Å². The highest BCUT2D eigenvalue weighted by Crippen LogP contribution is 2.21. The molecule has 0 heterocycles. The molecule has 0 bridgehead atoms. The number of anilines is 2. The molecule has 0 spiro atoms. The van der Waals surface area contributed by atoms with Crippen LogP contribution in [0.15, 0.2) is 48.5 Å². The summed E-state index contributed by atoms with van der Waals surface area (Å²) >= 11 is 0. The molecule has 2 aromatic carbocycles. The first kappa shape index (κ1) is 19.9. The van der Waals surface area contributed by atoms with E-state index >= 15 is 0 Å². The van der Waals surface area contributed by atoms with E-state index in [-0.39, 0.29) is 6.61 Å². The minimum Gasteiger partial charge on any atom is -0.436 e. The summed E-state index contributed by atoms with van der Waals surface area (Å²) in [6.45, 7) is 4.36. The number of nitrogens with zero attached hydrogens (tertiary/aromatic N) is 1. The van der Waals surface area contributed by atoms with Crippen LogP contribution in [0.3, 0.4) is 0 Å². The Morgan fingerprint density at radius 3 is 2.67 bits per heavy atom. The van der Waals surface area contributed by atoms with Crippen LogP contribution in [-0.2, 0) is 4.74 Å². The Kier molecular flexibility index (Phi) is 7.26. The summed E-state index contributed by atoms with van der Waals surface area (Å²) in [6, 6.07) is 14.1. The van der Waals surface area contributed by atoms with Crippen LogP contribution in [-0.4, -0.2) is 25.3 Å². The summed E-state index contributed by atoms with van der Waals surface area (Å²) in [4.78, 5) is 25.8. The number of hydrogen-bond acceptors (Lipinski definition) is 4. The van der Waals surface area contributed by atoms with Gasteiger partial charge in [0, 0.05) is 24.0 Å². The van der Waals surface area contributed by atoms with Gasteiger partial charge < -0.3 is 9.47 Å². The predicted octanol–water partition coefficient (Wildman–Crippen LogP) is 4.59. The van der Waals surface area contributed by atoms with E-state index in [1.54, 1.807) is 23.1 Å².